The second kappa shape index (κ2) is 10.2. The van der Waals surface area contributed by atoms with Gasteiger partial charge >= 0.3 is 6.03 Å². The number of nitrogens with one attached hydrogen (secondary N) is 1. The van der Waals surface area contributed by atoms with Crippen molar-refractivity contribution in [3.05, 3.63) is 106 Å². The van der Waals surface area contributed by atoms with Crippen molar-refractivity contribution in [1.29, 1.82) is 0 Å². The van der Waals surface area contributed by atoms with Crippen molar-refractivity contribution in [3.63, 3.8) is 0 Å². The summed E-state index contributed by atoms with van der Waals surface area (Å²) in [7, 11) is 0. The molecule has 6 heteroatoms. The molecule has 0 saturated carbocycles. The molecule has 2 aliphatic rings. The molecule has 1 aliphatic carbocycles. The molecule has 1 N–H and O–H groups in total. The van der Waals surface area contributed by atoms with Crippen LogP contribution in [0.25, 0.3) is 5.00 Å². The molecule has 3 heterocycles. The third kappa shape index (κ3) is 4.37. The van der Waals surface area contributed by atoms with Crippen LogP contribution in [-0.4, -0.2) is 28.3 Å². The van der Waals surface area contributed by atoms with Crippen molar-refractivity contribution in [2.24, 2.45) is 0 Å². The van der Waals surface area contributed by atoms with E-state index in [2.05, 4.69) is 87.9 Å². The number of urea groups is 1. The molecule has 0 bridgehead atoms. The van der Waals surface area contributed by atoms with Gasteiger partial charge in [0.15, 0.2) is 0 Å². The zero-order valence-electron chi connectivity index (χ0n) is 20.6. The Morgan fingerprint density at radius 2 is 1.81 bits per heavy atom. The lowest BCUT2D eigenvalue weighted by atomic mass is 9.95. The van der Waals surface area contributed by atoms with Gasteiger partial charge in [0.05, 0.1) is 18.3 Å². The number of aryl methyl sites for hydroxylation is 1. The number of carbonyl (C=O) groups is 1. The average Bonchev–Trinajstić information content (AvgIpc) is 3.51. The number of hydrogen-bond donors (Lipinski definition) is 1. The molecule has 2 aromatic carbocycles. The Kier molecular flexibility index (Phi) is 6.63. The van der Waals surface area contributed by atoms with Crippen molar-refractivity contribution in [3.8, 4) is 5.00 Å². The molecular weight excluding hydrogens is 482 g/mol. The van der Waals surface area contributed by atoms with Crippen LogP contribution in [0.3, 0.4) is 0 Å². The van der Waals surface area contributed by atoms with E-state index in [0.717, 1.165) is 30.5 Å². The predicted octanol–water partition coefficient (Wildman–Crippen LogP) is 7.00. The maximum absolute atomic E-state index is 13.9. The van der Waals surface area contributed by atoms with E-state index in [0.29, 0.717) is 13.1 Å². The fraction of sp³-hybridized carbons (Fsp3) is 0.300. The standard InChI is InChI=1S/C30H31N3OS2/c1-35-23-15-13-22(14-16-23)28-26-11-7-19-32(26)29-25(24-10-5-6-12-27(24)36-29)20-33(28)30(34)31-18-17-21-8-3-2-4-9-21/h2-4,7-9,11,13-16,19,28H,5-6,10,12,17-18,20H2,1H3,(H,31,34)/t28-/m0/s1. The maximum Gasteiger partial charge on any atom is 0.318 e. The second-order valence-electron chi connectivity index (χ2n) is 9.57. The zero-order chi connectivity index (χ0) is 24.5. The first kappa shape index (κ1) is 23.4. The van der Waals surface area contributed by atoms with E-state index < -0.39 is 0 Å². The van der Waals surface area contributed by atoms with Gasteiger partial charge < -0.3 is 14.8 Å². The molecule has 0 spiro atoms. The van der Waals surface area contributed by atoms with E-state index in [-0.39, 0.29) is 12.1 Å². The molecule has 36 heavy (non-hydrogen) atoms. The average molecular weight is 514 g/mol. The van der Waals surface area contributed by atoms with Gasteiger partial charge in [0.25, 0.3) is 0 Å². The van der Waals surface area contributed by atoms with Crippen LogP contribution in [0.5, 0.6) is 0 Å². The van der Waals surface area contributed by atoms with Crippen molar-refractivity contribution >= 4 is 29.1 Å². The molecule has 0 radical (unpaired) electrons. The molecular formula is C30H31N3OS2. The summed E-state index contributed by atoms with van der Waals surface area (Å²) in [6.07, 6.45) is 9.87. The first-order valence-corrected chi connectivity index (χ1v) is 14.8. The molecule has 0 saturated heterocycles. The summed E-state index contributed by atoms with van der Waals surface area (Å²) in [4.78, 5) is 18.7. The van der Waals surface area contributed by atoms with Crippen molar-refractivity contribution in [2.45, 2.75) is 49.6 Å². The van der Waals surface area contributed by atoms with Crippen LogP contribution in [0.15, 0.2) is 77.8 Å². The third-order valence-electron chi connectivity index (χ3n) is 7.40. The molecule has 2 aromatic heterocycles. The highest BCUT2D eigenvalue weighted by Crippen LogP contribution is 2.44. The molecule has 1 aliphatic heterocycles. The number of hydrogen-bond acceptors (Lipinski definition) is 3. The first-order chi connectivity index (χ1) is 17.7. The molecule has 6 rings (SSSR count). The summed E-state index contributed by atoms with van der Waals surface area (Å²) in [6, 6.07) is 23.2. The topological polar surface area (TPSA) is 37.3 Å². The summed E-state index contributed by atoms with van der Waals surface area (Å²) in [6.45, 7) is 1.25. The predicted molar refractivity (Wildman–Crippen MR) is 149 cm³/mol. The van der Waals surface area contributed by atoms with Gasteiger partial charge in [-0.25, -0.2) is 4.79 Å². The molecule has 0 fully saturated rings. The molecule has 0 unspecified atom stereocenters. The van der Waals surface area contributed by atoms with E-state index in [1.807, 2.05) is 17.4 Å². The highest BCUT2D eigenvalue weighted by atomic mass is 32.2. The quantitative estimate of drug-likeness (QED) is 0.292. The Morgan fingerprint density at radius 3 is 2.61 bits per heavy atom. The fourth-order valence-corrected chi connectivity index (χ4v) is 7.40. The highest BCUT2D eigenvalue weighted by Gasteiger charge is 2.35. The number of benzene rings is 2. The number of thioether (sulfide) groups is 1. The van der Waals surface area contributed by atoms with Crippen molar-refractivity contribution < 1.29 is 4.79 Å². The van der Waals surface area contributed by atoms with Crippen LogP contribution in [0.4, 0.5) is 4.79 Å². The Bertz CT molecular complexity index is 1360. The van der Waals surface area contributed by atoms with Crippen LogP contribution < -0.4 is 5.32 Å². The number of aromatic nitrogens is 1. The van der Waals surface area contributed by atoms with E-state index in [4.69, 9.17) is 0 Å². The lowest BCUT2D eigenvalue weighted by Crippen LogP contribution is -2.42. The number of nitrogens with zero attached hydrogens (tertiary/aromatic N) is 2. The van der Waals surface area contributed by atoms with Crippen molar-refractivity contribution in [2.75, 3.05) is 12.8 Å². The summed E-state index contributed by atoms with van der Waals surface area (Å²) in [5, 5.41) is 4.55. The Hall–Kier alpha value is -2.96. The normalized spacial score (nSPS) is 16.6. The number of fused-ring (bicyclic) bond motifs is 5. The molecule has 1 atom stereocenters. The van der Waals surface area contributed by atoms with Crippen LogP contribution in [0, 0.1) is 0 Å². The number of amides is 2. The van der Waals surface area contributed by atoms with Gasteiger partial charge in [0, 0.05) is 28.1 Å². The van der Waals surface area contributed by atoms with Gasteiger partial charge in [-0.3, -0.25) is 0 Å². The minimum absolute atomic E-state index is 0.00114. The summed E-state index contributed by atoms with van der Waals surface area (Å²) in [5.41, 5.74) is 6.37. The fourth-order valence-electron chi connectivity index (χ4n) is 5.58. The molecule has 4 nitrogen and oxygen atoms in total. The minimum Gasteiger partial charge on any atom is -0.338 e. The van der Waals surface area contributed by atoms with Crippen LogP contribution in [0.1, 0.15) is 51.7 Å². The largest absolute Gasteiger partial charge is 0.338 e. The maximum atomic E-state index is 13.9. The summed E-state index contributed by atoms with van der Waals surface area (Å²) < 4.78 is 2.35. The Balaban J connectivity index is 1.38. The first-order valence-electron chi connectivity index (χ1n) is 12.8. The van der Waals surface area contributed by atoms with Gasteiger partial charge in [-0.15, -0.1) is 23.1 Å². The zero-order valence-corrected chi connectivity index (χ0v) is 22.2. The van der Waals surface area contributed by atoms with E-state index in [1.54, 1.807) is 11.8 Å². The van der Waals surface area contributed by atoms with Gasteiger partial charge in [0.2, 0.25) is 0 Å². The molecule has 184 valence electrons. The molecule has 4 aromatic rings. The summed E-state index contributed by atoms with van der Waals surface area (Å²) >= 11 is 3.67. The SMILES string of the molecule is CSc1ccc([C@H]2c3cccn3-c3sc4c(c3CN2C(=O)NCCc2ccccc2)CCCC4)cc1. The Labute approximate surface area is 221 Å². The lowest BCUT2D eigenvalue weighted by molar-refractivity contribution is 0.180. The Morgan fingerprint density at radius 1 is 1.00 bits per heavy atom. The van der Waals surface area contributed by atoms with E-state index >= 15 is 0 Å². The second-order valence-corrected chi connectivity index (χ2v) is 11.5. The smallest absolute Gasteiger partial charge is 0.318 e. The van der Waals surface area contributed by atoms with Crippen LogP contribution in [0.2, 0.25) is 0 Å². The highest BCUT2D eigenvalue weighted by molar-refractivity contribution is 7.98. The van der Waals surface area contributed by atoms with Crippen molar-refractivity contribution in [1.82, 2.24) is 14.8 Å². The van der Waals surface area contributed by atoms with E-state index in [9.17, 15) is 4.79 Å². The van der Waals surface area contributed by atoms with Gasteiger partial charge in [0.1, 0.15) is 5.00 Å². The van der Waals surface area contributed by atoms with Crippen LogP contribution >= 0.6 is 23.1 Å². The minimum atomic E-state index is -0.147. The number of thiophene rings is 1. The number of carbonyl (C=O) groups excluding carboxylic acids is 1. The molecule has 2 amide bonds. The van der Waals surface area contributed by atoms with Crippen LogP contribution in [-0.2, 0) is 25.8 Å². The van der Waals surface area contributed by atoms with Gasteiger partial charge in [-0.2, -0.15) is 0 Å². The third-order valence-corrected chi connectivity index (χ3v) is 9.48. The lowest BCUT2D eigenvalue weighted by Gasteiger charge is -2.31. The van der Waals surface area contributed by atoms with E-state index in [1.165, 1.54) is 44.3 Å². The number of rotatable bonds is 5. The summed E-state index contributed by atoms with van der Waals surface area (Å²) in [5.74, 6) is 0. The van der Waals surface area contributed by atoms with Gasteiger partial charge in [-0.1, -0.05) is 42.5 Å². The van der Waals surface area contributed by atoms with Gasteiger partial charge in [-0.05, 0) is 79.3 Å². The monoisotopic (exact) mass is 513 g/mol.